The minimum Gasteiger partial charge on any atom is -0.383 e. The molecule has 1 heterocycles. The molecule has 0 aliphatic heterocycles. The van der Waals surface area contributed by atoms with Gasteiger partial charge in [-0.25, -0.2) is 13.8 Å². The molecule has 0 saturated heterocycles. The Morgan fingerprint density at radius 1 is 1.32 bits per heavy atom. The zero-order valence-corrected chi connectivity index (χ0v) is 11.0. The van der Waals surface area contributed by atoms with Gasteiger partial charge in [-0.3, -0.25) is 4.79 Å². The third kappa shape index (κ3) is 2.87. The number of hydrogen-bond donors (Lipinski definition) is 2. The third-order valence-corrected chi connectivity index (χ3v) is 2.95. The molecule has 98 valence electrons. The van der Waals surface area contributed by atoms with Crippen molar-refractivity contribution in [2.75, 3.05) is 11.1 Å². The Bertz CT molecular complexity index is 649. The van der Waals surface area contributed by atoms with Crippen LogP contribution in [0.5, 0.6) is 0 Å². The van der Waals surface area contributed by atoms with E-state index in [1.54, 1.807) is 0 Å². The van der Waals surface area contributed by atoms with Crippen molar-refractivity contribution in [2.45, 2.75) is 0 Å². The summed E-state index contributed by atoms with van der Waals surface area (Å²) in [7, 11) is 0. The van der Waals surface area contributed by atoms with Gasteiger partial charge in [-0.1, -0.05) is 0 Å². The number of carbonyl (C=O) groups excluding carboxylic acids is 1. The topological polar surface area (TPSA) is 68.0 Å². The fraction of sp³-hybridized carbons (Fsp3) is 0. The van der Waals surface area contributed by atoms with Crippen LogP contribution >= 0.6 is 15.9 Å². The maximum Gasteiger partial charge on any atom is 0.259 e. The van der Waals surface area contributed by atoms with Crippen LogP contribution in [0.15, 0.2) is 34.9 Å². The van der Waals surface area contributed by atoms with Crippen molar-refractivity contribution in [3.63, 3.8) is 0 Å². The number of rotatable bonds is 2. The minimum absolute atomic E-state index is 0.0292. The fourth-order valence-corrected chi connectivity index (χ4v) is 1.76. The highest BCUT2D eigenvalue weighted by Gasteiger charge is 2.14. The quantitative estimate of drug-likeness (QED) is 0.833. The van der Waals surface area contributed by atoms with Gasteiger partial charge in [-0.15, -0.1) is 0 Å². The van der Waals surface area contributed by atoms with Crippen molar-refractivity contribution in [3.05, 3.63) is 52.1 Å². The average molecular weight is 328 g/mol. The molecule has 19 heavy (non-hydrogen) atoms. The molecular formula is C12H8BrF2N3O. The number of nitrogen functional groups attached to an aromatic ring is 1. The number of nitrogens with zero attached hydrogens (tertiary/aromatic N) is 1. The lowest BCUT2D eigenvalue weighted by molar-refractivity contribution is 0.102. The number of benzene rings is 1. The summed E-state index contributed by atoms with van der Waals surface area (Å²) in [5.41, 5.74) is 5.49. The van der Waals surface area contributed by atoms with Crippen LogP contribution in [-0.4, -0.2) is 10.9 Å². The molecule has 0 aliphatic carbocycles. The van der Waals surface area contributed by atoms with E-state index in [2.05, 4.69) is 26.2 Å². The first-order valence-corrected chi connectivity index (χ1v) is 5.94. The molecule has 1 amide bonds. The molecule has 4 nitrogen and oxygen atoms in total. The summed E-state index contributed by atoms with van der Waals surface area (Å²) in [6.45, 7) is 0. The van der Waals surface area contributed by atoms with Gasteiger partial charge < -0.3 is 11.1 Å². The van der Waals surface area contributed by atoms with E-state index >= 15 is 0 Å². The second-order valence-electron chi connectivity index (χ2n) is 3.64. The summed E-state index contributed by atoms with van der Waals surface area (Å²) in [6.07, 6.45) is 1.43. The van der Waals surface area contributed by atoms with Gasteiger partial charge in [-0.2, -0.15) is 0 Å². The van der Waals surface area contributed by atoms with Crippen LogP contribution in [0.4, 0.5) is 20.3 Å². The monoisotopic (exact) mass is 327 g/mol. The van der Waals surface area contributed by atoms with E-state index in [1.165, 1.54) is 18.3 Å². The first-order valence-electron chi connectivity index (χ1n) is 5.15. The summed E-state index contributed by atoms with van der Waals surface area (Å²) in [5.74, 6) is -2.22. The van der Waals surface area contributed by atoms with Gasteiger partial charge in [0, 0.05) is 12.3 Å². The summed E-state index contributed by atoms with van der Waals surface area (Å²) in [5, 5.41) is 2.30. The Balaban J connectivity index is 2.30. The number of halogens is 3. The fourth-order valence-electron chi connectivity index (χ4n) is 1.42. The molecule has 2 rings (SSSR count). The molecule has 7 heteroatoms. The molecule has 0 atom stereocenters. The number of nitrogens with two attached hydrogens (primary N) is 1. The zero-order valence-electron chi connectivity index (χ0n) is 9.45. The van der Waals surface area contributed by atoms with E-state index in [0.717, 1.165) is 6.07 Å². The number of pyridine rings is 1. The van der Waals surface area contributed by atoms with Crippen molar-refractivity contribution in [2.24, 2.45) is 0 Å². The van der Waals surface area contributed by atoms with E-state index < -0.39 is 17.5 Å². The smallest absolute Gasteiger partial charge is 0.259 e. The maximum atomic E-state index is 13.5. The molecule has 0 saturated carbocycles. The normalized spacial score (nSPS) is 10.3. The Hall–Kier alpha value is -2.02. The number of anilines is 2. The second kappa shape index (κ2) is 5.31. The van der Waals surface area contributed by atoms with Crippen LogP contribution in [-0.2, 0) is 0 Å². The van der Waals surface area contributed by atoms with E-state index in [4.69, 9.17) is 5.73 Å². The van der Waals surface area contributed by atoms with Gasteiger partial charge >= 0.3 is 0 Å². The molecule has 3 N–H and O–H groups in total. The zero-order chi connectivity index (χ0) is 14.0. The summed E-state index contributed by atoms with van der Waals surface area (Å²) >= 11 is 2.91. The minimum atomic E-state index is -0.878. The predicted octanol–water partition coefficient (Wildman–Crippen LogP) is 2.96. The van der Waals surface area contributed by atoms with E-state index in [-0.39, 0.29) is 21.5 Å². The van der Waals surface area contributed by atoms with Gasteiger partial charge in [0.1, 0.15) is 17.5 Å². The van der Waals surface area contributed by atoms with Gasteiger partial charge in [-0.05, 0) is 34.1 Å². The van der Waals surface area contributed by atoms with Gasteiger partial charge in [0.15, 0.2) is 0 Å². The van der Waals surface area contributed by atoms with Gasteiger partial charge in [0.25, 0.3) is 5.91 Å². The van der Waals surface area contributed by atoms with Crippen LogP contribution in [0, 0.1) is 11.6 Å². The molecule has 0 fully saturated rings. The summed E-state index contributed by atoms with van der Waals surface area (Å²) in [6, 6.07) is 4.79. The largest absolute Gasteiger partial charge is 0.383 e. The lowest BCUT2D eigenvalue weighted by atomic mass is 10.2. The lowest BCUT2D eigenvalue weighted by Gasteiger charge is -2.08. The van der Waals surface area contributed by atoms with E-state index in [1.807, 2.05) is 0 Å². The second-order valence-corrected chi connectivity index (χ2v) is 4.49. The van der Waals surface area contributed by atoms with Gasteiger partial charge in [0.2, 0.25) is 0 Å². The molecule has 0 spiro atoms. The average Bonchev–Trinajstić information content (AvgIpc) is 2.36. The Labute approximate surface area is 115 Å². The van der Waals surface area contributed by atoms with Crippen molar-refractivity contribution in [1.82, 2.24) is 4.98 Å². The van der Waals surface area contributed by atoms with Crippen molar-refractivity contribution in [3.8, 4) is 0 Å². The molecular weight excluding hydrogens is 320 g/mol. The SMILES string of the molecule is Nc1ncccc1C(=O)Nc1cc(Br)c(F)cc1F. The van der Waals surface area contributed by atoms with Crippen molar-refractivity contribution >= 4 is 33.3 Å². The Morgan fingerprint density at radius 2 is 2.05 bits per heavy atom. The highest BCUT2D eigenvalue weighted by Crippen LogP contribution is 2.24. The van der Waals surface area contributed by atoms with E-state index in [9.17, 15) is 13.6 Å². The van der Waals surface area contributed by atoms with Crippen LogP contribution < -0.4 is 11.1 Å². The molecule has 2 aromatic rings. The first kappa shape index (κ1) is 13.4. The number of hydrogen-bond acceptors (Lipinski definition) is 3. The molecule has 0 radical (unpaired) electrons. The summed E-state index contributed by atoms with van der Waals surface area (Å²) < 4.78 is 26.6. The van der Waals surface area contributed by atoms with Crippen LogP contribution in [0.2, 0.25) is 0 Å². The lowest BCUT2D eigenvalue weighted by Crippen LogP contribution is -2.15. The number of amides is 1. The van der Waals surface area contributed by atoms with Crippen LogP contribution in [0.1, 0.15) is 10.4 Å². The molecule has 0 unspecified atom stereocenters. The highest BCUT2D eigenvalue weighted by atomic mass is 79.9. The Kier molecular flexibility index (Phi) is 3.75. The number of carbonyl (C=O) groups is 1. The first-order chi connectivity index (χ1) is 8.99. The molecule has 1 aromatic heterocycles. The van der Waals surface area contributed by atoms with Crippen molar-refractivity contribution < 1.29 is 13.6 Å². The number of nitrogens with one attached hydrogen (secondary N) is 1. The Morgan fingerprint density at radius 3 is 2.74 bits per heavy atom. The van der Waals surface area contributed by atoms with Crippen LogP contribution in [0.3, 0.4) is 0 Å². The standard InChI is InChI=1S/C12H8BrF2N3O/c13-7-4-10(9(15)5-8(7)14)18-12(19)6-2-1-3-17-11(6)16/h1-5H,(H2,16,17)(H,18,19). The third-order valence-electron chi connectivity index (χ3n) is 2.34. The molecule has 0 bridgehead atoms. The molecule has 1 aromatic carbocycles. The number of aromatic nitrogens is 1. The summed E-state index contributed by atoms with van der Waals surface area (Å²) in [4.78, 5) is 15.6. The maximum absolute atomic E-state index is 13.5. The van der Waals surface area contributed by atoms with E-state index in [0.29, 0.717) is 6.07 Å². The predicted molar refractivity (Wildman–Crippen MR) is 70.7 cm³/mol. The van der Waals surface area contributed by atoms with Gasteiger partial charge in [0.05, 0.1) is 15.7 Å². The highest BCUT2D eigenvalue weighted by molar-refractivity contribution is 9.10. The van der Waals surface area contributed by atoms with Crippen LogP contribution in [0.25, 0.3) is 0 Å². The van der Waals surface area contributed by atoms with Crippen molar-refractivity contribution in [1.29, 1.82) is 0 Å². The molecule has 0 aliphatic rings.